The molecule has 0 unspecified atom stereocenters. The Morgan fingerprint density at radius 3 is 2.81 bits per heavy atom. The van der Waals surface area contributed by atoms with Crippen LogP contribution in [0.25, 0.3) is 11.3 Å². The highest BCUT2D eigenvalue weighted by atomic mass is 32.2. The van der Waals surface area contributed by atoms with Crippen molar-refractivity contribution >= 4 is 32.4 Å². The second-order valence-corrected chi connectivity index (χ2v) is 11.2. The molecule has 5 rings (SSSR count). The number of para-hydroxylation sites is 1. The van der Waals surface area contributed by atoms with Crippen LogP contribution in [0, 0.1) is 0 Å². The number of ether oxygens (including phenoxy) is 1. The van der Waals surface area contributed by atoms with Gasteiger partial charge in [-0.05, 0) is 31.0 Å². The molecule has 1 fully saturated rings. The number of benzene rings is 1. The van der Waals surface area contributed by atoms with E-state index < -0.39 is 10.0 Å². The van der Waals surface area contributed by atoms with Gasteiger partial charge in [-0.2, -0.15) is 9.40 Å². The predicted molar refractivity (Wildman–Crippen MR) is 121 cm³/mol. The van der Waals surface area contributed by atoms with Crippen molar-refractivity contribution in [1.29, 1.82) is 0 Å². The van der Waals surface area contributed by atoms with Gasteiger partial charge >= 0.3 is 0 Å². The van der Waals surface area contributed by atoms with Gasteiger partial charge in [0.25, 0.3) is 5.91 Å². The fourth-order valence-corrected chi connectivity index (χ4v) is 6.76. The van der Waals surface area contributed by atoms with E-state index in [-0.39, 0.29) is 11.2 Å². The summed E-state index contributed by atoms with van der Waals surface area (Å²) in [5.41, 5.74) is 2.67. The van der Waals surface area contributed by atoms with Gasteiger partial charge in [0.05, 0.1) is 23.7 Å². The second kappa shape index (κ2) is 7.98. The predicted octanol–water partition coefficient (Wildman–Crippen LogP) is 2.65. The molecule has 0 radical (unpaired) electrons. The average molecular weight is 474 g/mol. The van der Waals surface area contributed by atoms with Crippen LogP contribution in [0.5, 0.6) is 5.75 Å². The standard InChI is InChI=1S/C21H23N5O4S2/c1-25-17(11-16(24-25)14-5-3-4-6-18(14)30-2)20(27)23-21-22-15-9-10-26(12-19(15)31-21)32(28,29)13-7-8-13/h3-6,11,13H,7-10,12H2,1-2H3,(H,22,23,27). The maximum Gasteiger partial charge on any atom is 0.275 e. The molecule has 0 bridgehead atoms. The molecule has 168 valence electrons. The van der Waals surface area contributed by atoms with E-state index in [1.54, 1.807) is 24.5 Å². The maximum absolute atomic E-state index is 12.9. The third-order valence-corrected chi connectivity index (χ3v) is 9.06. The lowest BCUT2D eigenvalue weighted by Crippen LogP contribution is -2.37. The summed E-state index contributed by atoms with van der Waals surface area (Å²) in [5.74, 6) is 0.352. The van der Waals surface area contributed by atoms with Gasteiger partial charge in [-0.25, -0.2) is 13.4 Å². The fraction of sp³-hybridized carbons (Fsp3) is 0.381. The number of carbonyl (C=O) groups is 1. The minimum absolute atomic E-state index is 0.224. The zero-order valence-corrected chi connectivity index (χ0v) is 19.4. The number of nitrogens with zero attached hydrogens (tertiary/aromatic N) is 4. The molecule has 1 N–H and O–H groups in total. The Morgan fingerprint density at radius 1 is 1.28 bits per heavy atom. The number of aromatic nitrogens is 3. The first-order chi connectivity index (χ1) is 15.4. The number of sulfonamides is 1. The molecule has 3 heterocycles. The number of rotatable bonds is 6. The van der Waals surface area contributed by atoms with Crippen LogP contribution in [0.1, 0.15) is 33.9 Å². The molecular formula is C21H23N5O4S2. The normalized spacial score (nSPS) is 16.6. The average Bonchev–Trinajstić information content (AvgIpc) is 3.47. The second-order valence-electron chi connectivity index (χ2n) is 7.91. The first kappa shape index (κ1) is 21.1. The van der Waals surface area contributed by atoms with Crippen LogP contribution in [-0.2, 0) is 30.0 Å². The van der Waals surface area contributed by atoms with Crippen LogP contribution < -0.4 is 10.1 Å². The van der Waals surface area contributed by atoms with Crippen molar-refractivity contribution in [3.8, 4) is 17.0 Å². The van der Waals surface area contributed by atoms with Crippen molar-refractivity contribution in [3.63, 3.8) is 0 Å². The van der Waals surface area contributed by atoms with E-state index >= 15 is 0 Å². The van der Waals surface area contributed by atoms with Gasteiger partial charge in [-0.1, -0.05) is 12.1 Å². The summed E-state index contributed by atoms with van der Waals surface area (Å²) in [6, 6.07) is 9.21. The van der Waals surface area contributed by atoms with Crippen LogP contribution in [0.4, 0.5) is 5.13 Å². The van der Waals surface area contributed by atoms with Crippen molar-refractivity contribution in [2.24, 2.45) is 7.05 Å². The number of methoxy groups -OCH3 is 1. The Kier molecular flexibility index (Phi) is 5.26. The lowest BCUT2D eigenvalue weighted by atomic mass is 10.1. The molecular weight excluding hydrogens is 450 g/mol. The minimum Gasteiger partial charge on any atom is -0.496 e. The van der Waals surface area contributed by atoms with Crippen LogP contribution in [0.2, 0.25) is 0 Å². The molecule has 1 aromatic carbocycles. The monoisotopic (exact) mass is 473 g/mol. The maximum atomic E-state index is 12.9. The van der Waals surface area contributed by atoms with Crippen molar-refractivity contribution in [3.05, 3.63) is 46.6 Å². The van der Waals surface area contributed by atoms with E-state index in [2.05, 4.69) is 15.4 Å². The molecule has 1 aliphatic carbocycles. The van der Waals surface area contributed by atoms with Gasteiger partial charge in [0.15, 0.2) is 5.13 Å². The molecule has 1 saturated carbocycles. The van der Waals surface area contributed by atoms with Gasteiger partial charge < -0.3 is 4.74 Å². The smallest absolute Gasteiger partial charge is 0.275 e. The Hall–Kier alpha value is -2.76. The number of hydrogen-bond acceptors (Lipinski definition) is 7. The van der Waals surface area contributed by atoms with Gasteiger partial charge in [0.1, 0.15) is 11.4 Å². The molecule has 1 amide bonds. The summed E-state index contributed by atoms with van der Waals surface area (Å²) in [4.78, 5) is 18.3. The number of nitrogens with one attached hydrogen (secondary N) is 1. The number of hydrogen-bond donors (Lipinski definition) is 1. The van der Waals surface area contributed by atoms with Gasteiger partial charge in [-0.15, -0.1) is 11.3 Å². The summed E-state index contributed by atoms with van der Waals surface area (Å²) in [6.07, 6.45) is 2.05. The molecule has 1 aliphatic heterocycles. The molecule has 32 heavy (non-hydrogen) atoms. The summed E-state index contributed by atoms with van der Waals surface area (Å²) >= 11 is 1.33. The van der Waals surface area contributed by atoms with Crippen molar-refractivity contribution in [1.82, 2.24) is 19.1 Å². The third-order valence-electron chi connectivity index (χ3n) is 5.72. The highest BCUT2D eigenvalue weighted by Crippen LogP contribution is 2.36. The largest absolute Gasteiger partial charge is 0.496 e. The van der Waals surface area contributed by atoms with Gasteiger partial charge in [0, 0.05) is 37.0 Å². The highest BCUT2D eigenvalue weighted by Gasteiger charge is 2.41. The minimum atomic E-state index is -3.22. The van der Waals surface area contributed by atoms with E-state index in [0.29, 0.717) is 41.8 Å². The fourth-order valence-electron chi connectivity index (χ4n) is 3.85. The van der Waals surface area contributed by atoms with Crippen LogP contribution >= 0.6 is 11.3 Å². The summed E-state index contributed by atoms with van der Waals surface area (Å²) in [5, 5.41) is 7.55. The molecule has 2 aromatic heterocycles. The van der Waals surface area contributed by atoms with Crippen LogP contribution in [0.3, 0.4) is 0 Å². The van der Waals surface area contributed by atoms with E-state index in [1.807, 2.05) is 24.3 Å². The molecule has 11 heteroatoms. The van der Waals surface area contributed by atoms with Crippen molar-refractivity contribution in [2.75, 3.05) is 19.0 Å². The Morgan fingerprint density at radius 2 is 2.06 bits per heavy atom. The van der Waals surface area contributed by atoms with E-state index in [4.69, 9.17) is 4.74 Å². The molecule has 0 atom stereocenters. The Bertz CT molecular complexity index is 1290. The Balaban J connectivity index is 1.34. The lowest BCUT2D eigenvalue weighted by molar-refractivity contribution is 0.101. The lowest BCUT2D eigenvalue weighted by Gasteiger charge is -2.25. The number of amides is 1. The number of fused-ring (bicyclic) bond motifs is 1. The zero-order chi connectivity index (χ0) is 22.5. The molecule has 0 saturated heterocycles. The quantitative estimate of drug-likeness (QED) is 0.590. The number of aryl methyl sites for hydroxylation is 1. The van der Waals surface area contributed by atoms with Crippen LogP contribution in [0.15, 0.2) is 30.3 Å². The topological polar surface area (TPSA) is 106 Å². The molecule has 0 spiro atoms. The Labute approximate surface area is 190 Å². The first-order valence-corrected chi connectivity index (χ1v) is 12.6. The molecule has 2 aliphatic rings. The van der Waals surface area contributed by atoms with Crippen molar-refractivity contribution in [2.45, 2.75) is 31.1 Å². The summed E-state index contributed by atoms with van der Waals surface area (Å²) in [7, 11) is 0.0832. The van der Waals surface area contributed by atoms with Gasteiger partial charge in [-0.3, -0.25) is 14.8 Å². The van der Waals surface area contributed by atoms with E-state index in [9.17, 15) is 13.2 Å². The van der Waals surface area contributed by atoms with Crippen molar-refractivity contribution < 1.29 is 17.9 Å². The summed E-state index contributed by atoms with van der Waals surface area (Å²) < 4.78 is 33.6. The first-order valence-electron chi connectivity index (χ1n) is 10.3. The number of thiazole rings is 1. The molecule has 3 aromatic rings. The van der Waals surface area contributed by atoms with Crippen LogP contribution in [-0.4, -0.2) is 52.3 Å². The zero-order valence-electron chi connectivity index (χ0n) is 17.7. The number of carbonyl (C=O) groups excluding carboxylic acids is 1. The SMILES string of the molecule is COc1ccccc1-c1cc(C(=O)Nc2nc3c(s2)CN(S(=O)(=O)C2CC2)CC3)n(C)n1. The third kappa shape index (κ3) is 3.80. The van der Waals surface area contributed by atoms with E-state index in [0.717, 1.165) is 29.0 Å². The van der Waals surface area contributed by atoms with Gasteiger partial charge in [0.2, 0.25) is 10.0 Å². The van der Waals surface area contributed by atoms with E-state index in [1.165, 1.54) is 16.0 Å². The molecule has 9 nitrogen and oxygen atoms in total. The number of anilines is 1. The highest BCUT2D eigenvalue weighted by molar-refractivity contribution is 7.90. The summed E-state index contributed by atoms with van der Waals surface area (Å²) in [6.45, 7) is 0.762.